The number of rotatable bonds is 4. The third-order valence-corrected chi connectivity index (χ3v) is 5.97. The number of nitrogens with one attached hydrogen (secondary N) is 1. The van der Waals surface area contributed by atoms with E-state index < -0.39 is 7.60 Å². The Bertz CT molecular complexity index is 339. The monoisotopic (exact) mass is 261 g/mol. The van der Waals surface area contributed by atoms with Gasteiger partial charge in [-0.25, -0.2) is 0 Å². The predicted octanol–water partition coefficient (Wildman–Crippen LogP) is 1.82. The molecule has 0 spiro atoms. The van der Waals surface area contributed by atoms with Gasteiger partial charge in [0.05, 0.1) is 6.16 Å². The SMILES string of the molecule is C[C@H]1[C@H]2C[C@H](C[C@H]1NCCP(=O)(O)O)C2(C)C. The van der Waals surface area contributed by atoms with Gasteiger partial charge in [0, 0.05) is 12.6 Å². The Labute approximate surface area is 103 Å². The zero-order chi connectivity index (χ0) is 12.8. The molecule has 3 N–H and O–H groups in total. The van der Waals surface area contributed by atoms with E-state index in [0.717, 1.165) is 18.3 Å². The smallest absolute Gasteiger partial charge is 0.324 e. The molecule has 0 aromatic rings. The zero-order valence-corrected chi connectivity index (χ0v) is 11.8. The minimum absolute atomic E-state index is 0.0467. The lowest BCUT2D eigenvalue weighted by atomic mass is 9.45. The molecular weight excluding hydrogens is 237 g/mol. The average molecular weight is 261 g/mol. The molecule has 100 valence electrons. The van der Waals surface area contributed by atoms with Crippen molar-refractivity contribution in [2.45, 2.75) is 39.7 Å². The van der Waals surface area contributed by atoms with Crippen molar-refractivity contribution in [1.82, 2.24) is 5.32 Å². The quantitative estimate of drug-likeness (QED) is 0.675. The lowest BCUT2D eigenvalue weighted by molar-refractivity contribution is -0.114. The zero-order valence-electron chi connectivity index (χ0n) is 10.9. The van der Waals surface area contributed by atoms with Gasteiger partial charge >= 0.3 is 7.60 Å². The standard InChI is InChI=1S/C12H24NO3P/c1-8-10-6-9(12(10,2)3)7-11(8)13-4-5-17(14,15)16/h8-11,13H,4-7H2,1-3H3,(H2,14,15,16)/t8-,9+,10+,11+/m0/s1. The first kappa shape index (κ1) is 13.5. The van der Waals surface area contributed by atoms with Crippen molar-refractivity contribution in [2.24, 2.45) is 23.2 Å². The van der Waals surface area contributed by atoms with E-state index in [0.29, 0.717) is 23.9 Å². The van der Waals surface area contributed by atoms with Crippen LogP contribution in [-0.2, 0) is 4.57 Å². The van der Waals surface area contributed by atoms with Crippen LogP contribution in [0.1, 0.15) is 33.6 Å². The normalized spacial score (nSPS) is 39.8. The van der Waals surface area contributed by atoms with Gasteiger partial charge in [-0.3, -0.25) is 4.57 Å². The van der Waals surface area contributed by atoms with Gasteiger partial charge in [0.2, 0.25) is 0 Å². The Morgan fingerprint density at radius 2 is 2.00 bits per heavy atom. The van der Waals surface area contributed by atoms with Crippen LogP contribution in [0.3, 0.4) is 0 Å². The first-order valence-corrected chi connectivity index (χ1v) is 8.29. The fraction of sp³-hybridized carbons (Fsp3) is 1.00. The van der Waals surface area contributed by atoms with E-state index >= 15 is 0 Å². The minimum atomic E-state index is -3.85. The molecule has 0 radical (unpaired) electrons. The second kappa shape index (κ2) is 4.34. The highest BCUT2D eigenvalue weighted by atomic mass is 31.2. The third-order valence-electron chi connectivity index (χ3n) is 5.16. The molecule has 17 heavy (non-hydrogen) atoms. The maximum atomic E-state index is 10.8. The summed E-state index contributed by atoms with van der Waals surface area (Å²) in [4.78, 5) is 17.7. The summed E-state index contributed by atoms with van der Waals surface area (Å²) in [7, 11) is -3.85. The van der Waals surface area contributed by atoms with E-state index in [1.165, 1.54) is 6.42 Å². The summed E-state index contributed by atoms with van der Waals surface area (Å²) in [6.45, 7) is 7.42. The van der Waals surface area contributed by atoms with Crippen molar-refractivity contribution >= 4 is 7.60 Å². The Hall–Kier alpha value is 0.110. The molecule has 2 bridgehead atoms. The minimum Gasteiger partial charge on any atom is -0.324 e. The number of hydrogen-bond donors (Lipinski definition) is 3. The lowest BCUT2D eigenvalue weighted by Gasteiger charge is -2.62. The summed E-state index contributed by atoms with van der Waals surface area (Å²) in [5, 5.41) is 3.33. The molecule has 3 fully saturated rings. The van der Waals surface area contributed by atoms with Gasteiger partial charge in [-0.1, -0.05) is 20.8 Å². The largest absolute Gasteiger partial charge is 0.326 e. The van der Waals surface area contributed by atoms with Gasteiger partial charge in [0.1, 0.15) is 0 Å². The summed E-state index contributed by atoms with van der Waals surface area (Å²) in [6, 6.07) is 0.443. The van der Waals surface area contributed by atoms with Gasteiger partial charge in [0.15, 0.2) is 0 Å². The van der Waals surface area contributed by atoms with Crippen molar-refractivity contribution in [1.29, 1.82) is 0 Å². The summed E-state index contributed by atoms with van der Waals surface area (Å²) in [6.07, 6.45) is 2.45. The molecule has 0 aromatic carbocycles. The molecule has 3 aliphatic rings. The second-order valence-electron chi connectivity index (χ2n) is 6.40. The molecule has 0 saturated heterocycles. The van der Waals surface area contributed by atoms with Crippen LogP contribution in [0.15, 0.2) is 0 Å². The fourth-order valence-corrected chi connectivity index (χ4v) is 4.24. The fourth-order valence-electron chi connectivity index (χ4n) is 3.81. The van der Waals surface area contributed by atoms with E-state index in [4.69, 9.17) is 9.79 Å². The predicted molar refractivity (Wildman–Crippen MR) is 67.9 cm³/mol. The first-order valence-electron chi connectivity index (χ1n) is 6.50. The molecule has 0 amide bonds. The summed E-state index contributed by atoms with van der Waals surface area (Å²) >= 11 is 0. The van der Waals surface area contributed by atoms with E-state index in [1.54, 1.807) is 0 Å². The molecule has 5 heteroatoms. The van der Waals surface area contributed by atoms with Crippen LogP contribution >= 0.6 is 7.60 Å². The highest BCUT2D eigenvalue weighted by Crippen LogP contribution is 2.61. The third kappa shape index (κ3) is 2.60. The lowest BCUT2D eigenvalue weighted by Crippen LogP contribution is -2.60. The maximum Gasteiger partial charge on any atom is 0.326 e. The van der Waals surface area contributed by atoms with Crippen LogP contribution in [0.25, 0.3) is 0 Å². The Balaban J connectivity index is 1.83. The second-order valence-corrected chi connectivity index (χ2v) is 8.18. The van der Waals surface area contributed by atoms with Gasteiger partial charge in [-0.05, 0) is 36.0 Å². The maximum absolute atomic E-state index is 10.8. The first-order chi connectivity index (χ1) is 7.72. The molecule has 3 saturated carbocycles. The van der Waals surface area contributed by atoms with Gasteiger partial charge in [-0.2, -0.15) is 0 Å². The van der Waals surface area contributed by atoms with Gasteiger partial charge < -0.3 is 15.1 Å². The molecule has 0 unspecified atom stereocenters. The van der Waals surface area contributed by atoms with Crippen LogP contribution in [-0.4, -0.2) is 28.5 Å². The van der Waals surface area contributed by atoms with Crippen LogP contribution in [0.4, 0.5) is 0 Å². The van der Waals surface area contributed by atoms with E-state index in [-0.39, 0.29) is 6.16 Å². The summed E-state index contributed by atoms with van der Waals surface area (Å²) < 4.78 is 10.8. The van der Waals surface area contributed by atoms with Crippen LogP contribution in [0.2, 0.25) is 0 Å². The number of hydrogen-bond acceptors (Lipinski definition) is 2. The van der Waals surface area contributed by atoms with Gasteiger partial charge in [-0.15, -0.1) is 0 Å². The molecule has 0 aliphatic heterocycles. The molecule has 0 aromatic heterocycles. The molecule has 3 aliphatic carbocycles. The molecule has 3 rings (SSSR count). The summed E-state index contributed by atoms with van der Waals surface area (Å²) in [5.74, 6) is 2.18. The van der Waals surface area contributed by atoms with Crippen LogP contribution < -0.4 is 5.32 Å². The Morgan fingerprint density at radius 1 is 1.35 bits per heavy atom. The molecule has 0 heterocycles. The molecule has 4 atom stereocenters. The van der Waals surface area contributed by atoms with E-state index in [9.17, 15) is 4.57 Å². The van der Waals surface area contributed by atoms with E-state index in [1.807, 2.05) is 0 Å². The van der Waals surface area contributed by atoms with Gasteiger partial charge in [0.25, 0.3) is 0 Å². The highest BCUT2D eigenvalue weighted by Gasteiger charge is 2.55. The van der Waals surface area contributed by atoms with Crippen molar-refractivity contribution < 1.29 is 14.4 Å². The van der Waals surface area contributed by atoms with Crippen molar-refractivity contribution in [3.63, 3.8) is 0 Å². The molecule has 4 nitrogen and oxygen atoms in total. The summed E-state index contributed by atoms with van der Waals surface area (Å²) in [5.41, 5.74) is 0.473. The van der Waals surface area contributed by atoms with Crippen molar-refractivity contribution in [2.75, 3.05) is 12.7 Å². The molecular formula is C12H24NO3P. The van der Waals surface area contributed by atoms with Crippen LogP contribution in [0.5, 0.6) is 0 Å². The topological polar surface area (TPSA) is 69.6 Å². The Kier molecular flexibility index (Phi) is 3.46. The van der Waals surface area contributed by atoms with E-state index in [2.05, 4.69) is 26.1 Å². The van der Waals surface area contributed by atoms with Crippen LogP contribution in [0, 0.1) is 23.2 Å². The van der Waals surface area contributed by atoms with Crippen molar-refractivity contribution in [3.05, 3.63) is 0 Å². The Morgan fingerprint density at radius 3 is 2.47 bits per heavy atom. The highest BCUT2D eigenvalue weighted by molar-refractivity contribution is 7.51. The number of fused-ring (bicyclic) bond motifs is 2. The average Bonchev–Trinajstić information content (AvgIpc) is 2.17. The van der Waals surface area contributed by atoms with Crippen molar-refractivity contribution in [3.8, 4) is 0 Å².